The zero-order valence-corrected chi connectivity index (χ0v) is 16.4. The number of carbonyl (C=O) groups is 2. The van der Waals surface area contributed by atoms with Gasteiger partial charge in [0.15, 0.2) is 6.61 Å². The van der Waals surface area contributed by atoms with Crippen LogP contribution in [-0.2, 0) is 4.79 Å². The molecule has 0 aliphatic carbocycles. The predicted octanol–water partition coefficient (Wildman–Crippen LogP) is 3.60. The number of nitrogens with zero attached hydrogens (tertiary/aromatic N) is 2. The molecule has 1 aliphatic rings. The minimum atomic E-state index is -4.79. The first-order chi connectivity index (χ1) is 14.2. The van der Waals surface area contributed by atoms with Crippen LogP contribution in [0.15, 0.2) is 48.5 Å². The summed E-state index contributed by atoms with van der Waals surface area (Å²) in [6, 6.07) is 11.4. The van der Waals surface area contributed by atoms with E-state index < -0.39 is 12.1 Å². The van der Waals surface area contributed by atoms with E-state index in [2.05, 4.69) is 4.74 Å². The molecule has 1 heterocycles. The van der Waals surface area contributed by atoms with Gasteiger partial charge in [0, 0.05) is 36.8 Å². The quantitative estimate of drug-likeness (QED) is 0.710. The van der Waals surface area contributed by atoms with Crippen LogP contribution in [0.1, 0.15) is 10.4 Å². The molecular weight excluding hydrogens is 425 g/mol. The normalized spacial score (nSPS) is 14.4. The Morgan fingerprint density at radius 1 is 0.867 bits per heavy atom. The summed E-state index contributed by atoms with van der Waals surface area (Å²) in [5, 5.41) is 0.567. The summed E-state index contributed by atoms with van der Waals surface area (Å²) in [7, 11) is 0. The maximum atomic E-state index is 12.5. The summed E-state index contributed by atoms with van der Waals surface area (Å²) in [5.41, 5.74) is 0.246. The molecule has 0 bridgehead atoms. The van der Waals surface area contributed by atoms with Crippen molar-refractivity contribution >= 4 is 23.4 Å². The monoisotopic (exact) mass is 442 g/mol. The molecule has 6 nitrogen and oxygen atoms in total. The highest BCUT2D eigenvalue weighted by molar-refractivity contribution is 6.30. The standard InChI is InChI=1S/C20H18ClF3N2O4/c21-15-3-7-16(8-4-15)29-13-18(27)25-9-11-26(12-10-25)19(28)14-1-5-17(6-2-14)30-20(22,23)24/h1-8H,9-13H2. The molecule has 0 unspecified atom stereocenters. The molecule has 3 rings (SSSR count). The fourth-order valence-corrected chi connectivity index (χ4v) is 3.03. The van der Waals surface area contributed by atoms with Gasteiger partial charge in [0.05, 0.1) is 0 Å². The lowest BCUT2D eigenvalue weighted by Crippen LogP contribution is -2.51. The zero-order chi connectivity index (χ0) is 21.7. The Balaban J connectivity index is 1.47. The lowest BCUT2D eigenvalue weighted by atomic mass is 10.1. The lowest BCUT2D eigenvalue weighted by Gasteiger charge is -2.34. The molecule has 1 saturated heterocycles. The van der Waals surface area contributed by atoms with Gasteiger partial charge in [-0.15, -0.1) is 13.2 Å². The van der Waals surface area contributed by atoms with Gasteiger partial charge in [0.1, 0.15) is 11.5 Å². The first kappa shape index (κ1) is 21.8. The Morgan fingerprint density at radius 3 is 1.97 bits per heavy atom. The highest BCUT2D eigenvalue weighted by Gasteiger charge is 2.31. The summed E-state index contributed by atoms with van der Waals surface area (Å²) in [6.45, 7) is 1.17. The zero-order valence-electron chi connectivity index (χ0n) is 15.7. The number of carbonyl (C=O) groups excluding carboxylic acids is 2. The van der Waals surface area contributed by atoms with Crippen molar-refractivity contribution in [2.24, 2.45) is 0 Å². The number of hydrogen-bond acceptors (Lipinski definition) is 4. The van der Waals surface area contributed by atoms with E-state index in [-0.39, 0.29) is 24.0 Å². The number of halogens is 4. The average Bonchev–Trinajstić information content (AvgIpc) is 2.72. The minimum Gasteiger partial charge on any atom is -0.484 e. The van der Waals surface area contributed by atoms with Gasteiger partial charge in [-0.1, -0.05) is 11.6 Å². The molecule has 30 heavy (non-hydrogen) atoms. The number of ether oxygens (including phenoxy) is 2. The van der Waals surface area contributed by atoms with Crippen molar-refractivity contribution in [2.75, 3.05) is 32.8 Å². The molecule has 0 aromatic heterocycles. The smallest absolute Gasteiger partial charge is 0.484 e. The van der Waals surface area contributed by atoms with Gasteiger partial charge >= 0.3 is 6.36 Å². The number of piperazine rings is 1. The maximum absolute atomic E-state index is 12.5. The Labute approximate surface area is 175 Å². The van der Waals surface area contributed by atoms with Crippen LogP contribution >= 0.6 is 11.6 Å². The van der Waals surface area contributed by atoms with Crippen LogP contribution in [0.5, 0.6) is 11.5 Å². The molecule has 2 amide bonds. The molecule has 0 saturated carbocycles. The third-order valence-electron chi connectivity index (χ3n) is 4.43. The van der Waals surface area contributed by atoms with Crippen LogP contribution in [0.2, 0.25) is 5.02 Å². The van der Waals surface area contributed by atoms with Crippen LogP contribution < -0.4 is 9.47 Å². The van der Waals surface area contributed by atoms with Crippen molar-refractivity contribution in [1.82, 2.24) is 9.80 Å². The molecule has 0 spiro atoms. The van der Waals surface area contributed by atoms with Gasteiger partial charge in [-0.05, 0) is 48.5 Å². The van der Waals surface area contributed by atoms with E-state index in [0.717, 1.165) is 12.1 Å². The molecular formula is C20H18ClF3N2O4. The van der Waals surface area contributed by atoms with Crippen molar-refractivity contribution < 1.29 is 32.2 Å². The Morgan fingerprint density at radius 2 is 1.40 bits per heavy atom. The number of alkyl halides is 3. The highest BCUT2D eigenvalue weighted by atomic mass is 35.5. The number of amides is 2. The summed E-state index contributed by atoms with van der Waals surface area (Å²) in [5.74, 6) is -0.390. The molecule has 0 N–H and O–H groups in total. The highest BCUT2D eigenvalue weighted by Crippen LogP contribution is 2.23. The largest absolute Gasteiger partial charge is 0.573 e. The van der Waals surface area contributed by atoms with E-state index in [1.807, 2.05) is 0 Å². The SMILES string of the molecule is O=C(COc1ccc(Cl)cc1)N1CCN(C(=O)c2ccc(OC(F)(F)F)cc2)CC1. The van der Waals surface area contributed by atoms with Crippen LogP contribution in [-0.4, -0.2) is 60.8 Å². The van der Waals surface area contributed by atoms with Crippen LogP contribution in [0.4, 0.5) is 13.2 Å². The fourth-order valence-electron chi connectivity index (χ4n) is 2.91. The van der Waals surface area contributed by atoms with Gasteiger partial charge in [-0.2, -0.15) is 0 Å². The van der Waals surface area contributed by atoms with Crippen LogP contribution in [0, 0.1) is 0 Å². The molecule has 2 aromatic rings. The second-order valence-corrected chi connectivity index (χ2v) is 6.92. The number of hydrogen-bond donors (Lipinski definition) is 0. The summed E-state index contributed by atoms with van der Waals surface area (Å²) >= 11 is 5.80. The third kappa shape index (κ3) is 6.03. The third-order valence-corrected chi connectivity index (χ3v) is 4.68. The molecule has 2 aromatic carbocycles. The molecule has 0 radical (unpaired) electrons. The molecule has 1 aliphatic heterocycles. The topological polar surface area (TPSA) is 59.1 Å². The fraction of sp³-hybridized carbons (Fsp3) is 0.300. The van der Waals surface area contributed by atoms with E-state index in [0.29, 0.717) is 37.0 Å². The molecule has 0 atom stereocenters. The second-order valence-electron chi connectivity index (χ2n) is 6.49. The predicted molar refractivity (Wildman–Crippen MR) is 103 cm³/mol. The van der Waals surface area contributed by atoms with Crippen molar-refractivity contribution in [3.8, 4) is 11.5 Å². The van der Waals surface area contributed by atoms with E-state index in [4.69, 9.17) is 16.3 Å². The first-order valence-corrected chi connectivity index (χ1v) is 9.40. The van der Waals surface area contributed by atoms with Crippen LogP contribution in [0.25, 0.3) is 0 Å². The Kier molecular flexibility index (Phi) is 6.71. The van der Waals surface area contributed by atoms with Gasteiger partial charge < -0.3 is 19.3 Å². The average molecular weight is 443 g/mol. The van der Waals surface area contributed by atoms with Gasteiger partial charge in [-0.3, -0.25) is 9.59 Å². The van der Waals surface area contributed by atoms with Crippen molar-refractivity contribution in [2.45, 2.75) is 6.36 Å². The van der Waals surface area contributed by atoms with E-state index >= 15 is 0 Å². The second kappa shape index (κ2) is 9.25. The van der Waals surface area contributed by atoms with Crippen molar-refractivity contribution in [1.29, 1.82) is 0 Å². The molecule has 1 fully saturated rings. The summed E-state index contributed by atoms with van der Waals surface area (Å²) in [4.78, 5) is 28.0. The van der Waals surface area contributed by atoms with Crippen LogP contribution in [0.3, 0.4) is 0 Å². The minimum absolute atomic E-state index is 0.129. The maximum Gasteiger partial charge on any atom is 0.573 e. The van der Waals surface area contributed by atoms with Gasteiger partial charge in [-0.25, -0.2) is 0 Å². The number of benzene rings is 2. The van der Waals surface area contributed by atoms with Gasteiger partial charge in [0.25, 0.3) is 11.8 Å². The number of rotatable bonds is 5. The van der Waals surface area contributed by atoms with E-state index in [9.17, 15) is 22.8 Å². The summed E-state index contributed by atoms with van der Waals surface area (Å²) in [6.07, 6.45) is -4.79. The van der Waals surface area contributed by atoms with E-state index in [1.165, 1.54) is 12.1 Å². The van der Waals surface area contributed by atoms with Crippen molar-refractivity contribution in [3.63, 3.8) is 0 Å². The molecule has 160 valence electrons. The summed E-state index contributed by atoms with van der Waals surface area (Å²) < 4.78 is 45.9. The van der Waals surface area contributed by atoms with Crippen molar-refractivity contribution in [3.05, 3.63) is 59.1 Å². The van der Waals surface area contributed by atoms with Gasteiger partial charge in [0.2, 0.25) is 0 Å². The Bertz CT molecular complexity index is 880. The Hall–Kier alpha value is -2.94. The molecule has 10 heteroatoms. The van der Waals surface area contributed by atoms with E-state index in [1.54, 1.807) is 34.1 Å². The first-order valence-electron chi connectivity index (χ1n) is 9.02. The lowest BCUT2D eigenvalue weighted by molar-refractivity contribution is -0.274.